The highest BCUT2D eigenvalue weighted by atomic mass is 32.1. The van der Waals surface area contributed by atoms with Gasteiger partial charge in [0.05, 0.1) is 17.8 Å². The summed E-state index contributed by atoms with van der Waals surface area (Å²) in [6.45, 7) is 1.92. The molecule has 0 aliphatic heterocycles. The Hall–Kier alpha value is -2.20. The second-order valence-corrected chi connectivity index (χ2v) is 7.73. The first-order chi connectivity index (χ1) is 12.1. The molecule has 7 heteroatoms. The number of fused-ring (bicyclic) bond motifs is 1. The van der Waals surface area contributed by atoms with Crippen LogP contribution in [-0.2, 0) is 17.8 Å². The summed E-state index contributed by atoms with van der Waals surface area (Å²) in [7, 11) is 0. The van der Waals surface area contributed by atoms with Gasteiger partial charge in [0.25, 0.3) is 5.56 Å². The van der Waals surface area contributed by atoms with Gasteiger partial charge in [0.1, 0.15) is 16.9 Å². The highest BCUT2D eigenvalue weighted by molar-refractivity contribution is 7.18. The van der Waals surface area contributed by atoms with Gasteiger partial charge in [-0.2, -0.15) is 5.26 Å². The molecule has 0 atom stereocenters. The molecule has 2 aromatic heterocycles. The summed E-state index contributed by atoms with van der Waals surface area (Å²) >= 11 is 1.50. The Labute approximate surface area is 150 Å². The fraction of sp³-hybridized carbons (Fsp3) is 0.556. The number of nitrogens with one attached hydrogen (secondary N) is 1. The summed E-state index contributed by atoms with van der Waals surface area (Å²) < 4.78 is 1.33. The molecule has 6 nitrogen and oxygen atoms in total. The van der Waals surface area contributed by atoms with Crippen molar-refractivity contribution in [2.24, 2.45) is 0 Å². The van der Waals surface area contributed by atoms with E-state index in [0.717, 1.165) is 37.0 Å². The van der Waals surface area contributed by atoms with Crippen molar-refractivity contribution in [3.8, 4) is 6.07 Å². The number of hydrogen-bond acceptors (Lipinski definition) is 5. The van der Waals surface area contributed by atoms with Crippen molar-refractivity contribution in [3.05, 3.63) is 27.6 Å². The lowest BCUT2D eigenvalue weighted by atomic mass is 9.92. The zero-order chi connectivity index (χ0) is 17.9. The number of aryl methyl sites for hydroxylation is 1. The average Bonchev–Trinajstić information content (AvgIpc) is 2.91. The summed E-state index contributed by atoms with van der Waals surface area (Å²) in [6.07, 6.45) is 7.69. The van der Waals surface area contributed by atoms with Gasteiger partial charge in [0.15, 0.2) is 0 Å². The minimum atomic E-state index is -0.799. The van der Waals surface area contributed by atoms with Crippen molar-refractivity contribution in [1.82, 2.24) is 14.9 Å². The van der Waals surface area contributed by atoms with Crippen LogP contribution >= 0.6 is 11.3 Å². The van der Waals surface area contributed by atoms with Gasteiger partial charge in [0.2, 0.25) is 5.91 Å². The predicted octanol–water partition coefficient (Wildman–Crippen LogP) is 2.75. The number of hydrogen-bond donors (Lipinski definition) is 1. The zero-order valence-corrected chi connectivity index (χ0v) is 15.2. The first-order valence-electron chi connectivity index (χ1n) is 8.77. The quantitative estimate of drug-likeness (QED) is 0.851. The molecule has 0 aromatic carbocycles. The topological polar surface area (TPSA) is 87.8 Å². The van der Waals surface area contributed by atoms with E-state index in [1.165, 1.54) is 22.2 Å². The summed E-state index contributed by atoms with van der Waals surface area (Å²) in [5.41, 5.74) is -1.00. The van der Waals surface area contributed by atoms with Crippen molar-refractivity contribution < 1.29 is 4.79 Å². The molecular weight excluding hydrogens is 336 g/mol. The minimum Gasteiger partial charge on any atom is -0.336 e. The standard InChI is InChI=1S/C18H22N4O2S/c1-2-13-9-14-16(25-13)20-12-22(17(14)24)10-15(23)21-18(11-19)7-5-3-4-6-8-18/h9,12H,2-8,10H2,1H3,(H,21,23). The molecule has 1 saturated carbocycles. The van der Waals surface area contributed by atoms with Crippen LogP contribution in [0.25, 0.3) is 10.2 Å². The van der Waals surface area contributed by atoms with E-state index in [0.29, 0.717) is 23.1 Å². The summed E-state index contributed by atoms with van der Waals surface area (Å²) in [5, 5.41) is 13.0. The van der Waals surface area contributed by atoms with Crippen LogP contribution in [0.5, 0.6) is 0 Å². The number of thiophene rings is 1. The van der Waals surface area contributed by atoms with Gasteiger partial charge >= 0.3 is 0 Å². The first kappa shape index (κ1) is 17.6. The van der Waals surface area contributed by atoms with Gasteiger partial charge in [-0.05, 0) is 25.3 Å². The molecular formula is C18H22N4O2S. The molecule has 0 spiro atoms. The number of carbonyl (C=O) groups is 1. The fourth-order valence-corrected chi connectivity index (χ4v) is 4.28. The Bertz CT molecular complexity index is 869. The Morgan fingerprint density at radius 3 is 2.76 bits per heavy atom. The zero-order valence-electron chi connectivity index (χ0n) is 14.4. The van der Waals surface area contributed by atoms with E-state index < -0.39 is 5.54 Å². The number of amides is 1. The number of rotatable bonds is 4. The maximum absolute atomic E-state index is 12.6. The molecule has 1 amide bonds. The molecule has 0 unspecified atom stereocenters. The van der Waals surface area contributed by atoms with Gasteiger partial charge < -0.3 is 5.32 Å². The van der Waals surface area contributed by atoms with Gasteiger partial charge in [-0.15, -0.1) is 11.3 Å². The monoisotopic (exact) mass is 358 g/mol. The number of aromatic nitrogens is 2. The van der Waals surface area contributed by atoms with Gasteiger partial charge in [0, 0.05) is 4.88 Å². The molecule has 2 heterocycles. The third-order valence-corrected chi connectivity index (χ3v) is 5.97. The first-order valence-corrected chi connectivity index (χ1v) is 9.59. The van der Waals surface area contributed by atoms with Crippen LogP contribution in [0.3, 0.4) is 0 Å². The van der Waals surface area contributed by atoms with Crippen LogP contribution in [0.1, 0.15) is 50.3 Å². The minimum absolute atomic E-state index is 0.109. The predicted molar refractivity (Wildman–Crippen MR) is 97.4 cm³/mol. The maximum Gasteiger partial charge on any atom is 0.262 e. The molecule has 0 bridgehead atoms. The smallest absolute Gasteiger partial charge is 0.262 e. The van der Waals surface area contributed by atoms with Crippen LogP contribution in [0.4, 0.5) is 0 Å². The van der Waals surface area contributed by atoms with Crippen molar-refractivity contribution >= 4 is 27.5 Å². The number of nitrogens with zero attached hydrogens (tertiary/aromatic N) is 3. The van der Waals surface area contributed by atoms with Crippen molar-refractivity contribution in [2.75, 3.05) is 0 Å². The second-order valence-electron chi connectivity index (χ2n) is 6.62. The van der Waals surface area contributed by atoms with Crippen molar-refractivity contribution in [1.29, 1.82) is 5.26 Å². The van der Waals surface area contributed by atoms with Gasteiger partial charge in [-0.3, -0.25) is 14.2 Å². The summed E-state index contributed by atoms with van der Waals surface area (Å²) in [5.74, 6) is -0.308. The van der Waals surface area contributed by atoms with Gasteiger partial charge in [-0.25, -0.2) is 4.98 Å². The van der Waals surface area contributed by atoms with E-state index in [1.54, 1.807) is 0 Å². The van der Waals surface area contributed by atoms with Crippen molar-refractivity contribution in [3.63, 3.8) is 0 Å². The highest BCUT2D eigenvalue weighted by Gasteiger charge is 2.32. The second kappa shape index (κ2) is 7.36. The molecule has 132 valence electrons. The summed E-state index contributed by atoms with van der Waals surface area (Å²) in [6, 6.07) is 4.15. The van der Waals surface area contributed by atoms with Crippen LogP contribution in [0.2, 0.25) is 0 Å². The molecule has 0 radical (unpaired) electrons. The molecule has 1 N–H and O–H groups in total. The molecule has 1 fully saturated rings. The largest absolute Gasteiger partial charge is 0.336 e. The van der Waals surface area contributed by atoms with E-state index in [1.807, 2.05) is 13.0 Å². The number of nitriles is 1. The third kappa shape index (κ3) is 3.74. The van der Waals surface area contributed by atoms with Crippen molar-refractivity contribution in [2.45, 2.75) is 64.0 Å². The molecule has 0 saturated heterocycles. The molecule has 2 aromatic rings. The van der Waals surface area contributed by atoms with E-state index in [2.05, 4.69) is 16.4 Å². The average molecular weight is 358 g/mol. The van der Waals surface area contributed by atoms with Crippen LogP contribution < -0.4 is 10.9 Å². The van der Waals surface area contributed by atoms with Crippen LogP contribution in [-0.4, -0.2) is 21.0 Å². The Morgan fingerprint density at radius 1 is 1.40 bits per heavy atom. The lowest BCUT2D eigenvalue weighted by Crippen LogP contribution is -2.48. The SMILES string of the molecule is CCc1cc2c(=O)n(CC(=O)NC3(C#N)CCCCCC3)cnc2s1. The van der Waals surface area contributed by atoms with E-state index in [4.69, 9.17) is 0 Å². The Morgan fingerprint density at radius 2 is 2.12 bits per heavy atom. The Kier molecular flexibility index (Phi) is 5.19. The molecule has 3 rings (SSSR count). The highest BCUT2D eigenvalue weighted by Crippen LogP contribution is 2.26. The number of carbonyl (C=O) groups excluding carboxylic acids is 1. The lowest BCUT2D eigenvalue weighted by molar-refractivity contribution is -0.123. The normalized spacial score (nSPS) is 17.0. The fourth-order valence-electron chi connectivity index (χ4n) is 3.35. The van der Waals surface area contributed by atoms with E-state index >= 15 is 0 Å². The third-order valence-electron chi connectivity index (χ3n) is 4.78. The lowest BCUT2D eigenvalue weighted by Gasteiger charge is -2.26. The molecule has 25 heavy (non-hydrogen) atoms. The molecule has 1 aliphatic carbocycles. The van der Waals surface area contributed by atoms with Crippen LogP contribution in [0, 0.1) is 11.3 Å². The van der Waals surface area contributed by atoms with E-state index in [9.17, 15) is 14.9 Å². The van der Waals surface area contributed by atoms with Crippen LogP contribution in [0.15, 0.2) is 17.2 Å². The van der Waals surface area contributed by atoms with E-state index in [-0.39, 0.29) is 18.0 Å². The Balaban J connectivity index is 1.78. The molecule has 1 aliphatic rings. The maximum atomic E-state index is 12.6. The van der Waals surface area contributed by atoms with Gasteiger partial charge in [-0.1, -0.05) is 32.6 Å². The summed E-state index contributed by atoms with van der Waals surface area (Å²) in [4.78, 5) is 31.1.